The van der Waals surface area contributed by atoms with E-state index in [2.05, 4.69) is 26.1 Å². The molecule has 1 aliphatic rings. The number of nitrogens with two attached hydrogens (primary N) is 1. The first-order valence-electron chi connectivity index (χ1n) is 7.74. The fraction of sp³-hybridized carbons (Fsp3) is 0.588. The molecule has 5 heteroatoms. The van der Waals surface area contributed by atoms with Crippen molar-refractivity contribution in [3.63, 3.8) is 0 Å². The van der Waals surface area contributed by atoms with Gasteiger partial charge in [0.2, 0.25) is 5.91 Å². The zero-order valence-electron chi connectivity index (χ0n) is 13.6. The van der Waals surface area contributed by atoms with E-state index in [0.717, 1.165) is 23.5 Å². The van der Waals surface area contributed by atoms with Crippen molar-refractivity contribution < 1.29 is 9.53 Å². The molecular formula is C17H26N2O2S. The lowest BCUT2D eigenvalue weighted by Gasteiger charge is -2.19. The van der Waals surface area contributed by atoms with Gasteiger partial charge >= 0.3 is 0 Å². The summed E-state index contributed by atoms with van der Waals surface area (Å²) in [5, 5.41) is 2.86. The average Bonchev–Trinajstić information content (AvgIpc) is 2.66. The Morgan fingerprint density at radius 1 is 1.32 bits per heavy atom. The third-order valence-electron chi connectivity index (χ3n) is 3.47. The van der Waals surface area contributed by atoms with Crippen LogP contribution in [-0.2, 0) is 4.79 Å². The van der Waals surface area contributed by atoms with E-state index in [0.29, 0.717) is 13.2 Å². The fourth-order valence-electron chi connectivity index (χ4n) is 2.22. The van der Waals surface area contributed by atoms with E-state index >= 15 is 0 Å². The molecule has 1 amide bonds. The van der Waals surface area contributed by atoms with Gasteiger partial charge in [0.25, 0.3) is 0 Å². The Morgan fingerprint density at radius 2 is 2.00 bits per heavy atom. The first-order valence-corrected chi connectivity index (χ1v) is 8.79. The maximum absolute atomic E-state index is 12.3. The zero-order chi connectivity index (χ0) is 16.2. The quantitative estimate of drug-likeness (QED) is 0.894. The largest absolute Gasteiger partial charge is 0.493 e. The van der Waals surface area contributed by atoms with E-state index in [-0.39, 0.29) is 22.6 Å². The van der Waals surface area contributed by atoms with E-state index in [1.165, 1.54) is 0 Å². The van der Waals surface area contributed by atoms with Crippen LogP contribution in [0.4, 0.5) is 0 Å². The number of carbonyl (C=O) groups is 1. The zero-order valence-corrected chi connectivity index (χ0v) is 14.4. The van der Waals surface area contributed by atoms with Crippen molar-refractivity contribution in [3.05, 3.63) is 29.8 Å². The molecule has 122 valence electrons. The van der Waals surface area contributed by atoms with Crippen LogP contribution < -0.4 is 15.8 Å². The molecule has 0 aliphatic carbocycles. The van der Waals surface area contributed by atoms with E-state index in [9.17, 15) is 4.79 Å². The van der Waals surface area contributed by atoms with Crippen LogP contribution in [0.3, 0.4) is 0 Å². The van der Waals surface area contributed by atoms with E-state index in [1.807, 2.05) is 24.3 Å². The standard InChI is InChI=1S/C17H26N2O2S/c1-17(2,3)11-21-14-6-4-12(5-7-14)15-16(20)19-13(10-18)8-9-22-15/h4-7,13,15H,8-11,18H2,1-3H3,(H,19,20)/t13-,15+/m0/s1. The SMILES string of the molecule is CC(C)(C)COc1ccc([C@H]2SCC[C@@H](CN)NC2=O)cc1. The van der Waals surface area contributed by atoms with Crippen LogP contribution in [0.25, 0.3) is 0 Å². The molecular weight excluding hydrogens is 296 g/mol. The molecule has 2 atom stereocenters. The molecule has 0 aromatic heterocycles. The molecule has 1 aliphatic heterocycles. The molecule has 1 aromatic carbocycles. The molecule has 0 bridgehead atoms. The Morgan fingerprint density at radius 3 is 2.59 bits per heavy atom. The van der Waals surface area contributed by atoms with Crippen molar-refractivity contribution in [2.24, 2.45) is 11.1 Å². The van der Waals surface area contributed by atoms with Gasteiger partial charge in [-0.15, -0.1) is 11.8 Å². The van der Waals surface area contributed by atoms with Gasteiger partial charge in [0.15, 0.2) is 0 Å². The Bertz CT molecular complexity index is 496. The molecule has 2 rings (SSSR count). The van der Waals surface area contributed by atoms with Crippen LogP contribution >= 0.6 is 11.8 Å². The monoisotopic (exact) mass is 322 g/mol. The normalized spacial score (nSPS) is 22.8. The lowest BCUT2D eigenvalue weighted by Crippen LogP contribution is -2.40. The highest BCUT2D eigenvalue weighted by atomic mass is 32.2. The first-order chi connectivity index (χ1) is 10.4. The number of ether oxygens (including phenoxy) is 1. The Kier molecular flexibility index (Phi) is 5.75. The molecule has 1 saturated heterocycles. The van der Waals surface area contributed by atoms with Gasteiger partial charge in [0.1, 0.15) is 11.0 Å². The maximum atomic E-state index is 12.3. The number of benzene rings is 1. The second-order valence-corrected chi connectivity index (χ2v) is 8.11. The number of carbonyl (C=O) groups excluding carboxylic acids is 1. The smallest absolute Gasteiger partial charge is 0.237 e. The minimum absolute atomic E-state index is 0.0568. The molecule has 1 heterocycles. The van der Waals surface area contributed by atoms with Crippen LogP contribution in [0.1, 0.15) is 38.0 Å². The van der Waals surface area contributed by atoms with Crippen LogP contribution in [0.15, 0.2) is 24.3 Å². The summed E-state index contributed by atoms with van der Waals surface area (Å²) in [6.07, 6.45) is 0.927. The molecule has 0 unspecified atom stereocenters. The molecule has 4 nitrogen and oxygen atoms in total. The molecule has 0 spiro atoms. The van der Waals surface area contributed by atoms with Gasteiger partial charge in [-0.1, -0.05) is 32.9 Å². The fourth-order valence-corrected chi connectivity index (χ4v) is 3.44. The van der Waals surface area contributed by atoms with Gasteiger partial charge in [0, 0.05) is 12.6 Å². The molecule has 22 heavy (non-hydrogen) atoms. The Labute approximate surface area is 137 Å². The average molecular weight is 322 g/mol. The first kappa shape index (κ1) is 17.2. The van der Waals surface area contributed by atoms with E-state index in [4.69, 9.17) is 10.5 Å². The van der Waals surface area contributed by atoms with Crippen LogP contribution in [-0.4, -0.2) is 30.9 Å². The van der Waals surface area contributed by atoms with Crippen molar-refractivity contribution in [1.82, 2.24) is 5.32 Å². The third-order valence-corrected chi connectivity index (χ3v) is 4.77. The molecule has 0 radical (unpaired) electrons. The van der Waals surface area contributed by atoms with Crippen LogP contribution in [0.5, 0.6) is 5.75 Å². The lowest BCUT2D eigenvalue weighted by atomic mass is 9.99. The highest BCUT2D eigenvalue weighted by Crippen LogP contribution is 2.33. The Hall–Kier alpha value is -1.20. The molecule has 1 fully saturated rings. The number of hydrogen-bond acceptors (Lipinski definition) is 4. The van der Waals surface area contributed by atoms with Gasteiger partial charge in [-0.2, -0.15) is 0 Å². The topological polar surface area (TPSA) is 64.3 Å². The minimum atomic E-state index is -0.159. The summed E-state index contributed by atoms with van der Waals surface area (Å²) >= 11 is 1.68. The second-order valence-electron chi connectivity index (χ2n) is 6.90. The van der Waals surface area contributed by atoms with E-state index in [1.54, 1.807) is 11.8 Å². The summed E-state index contributed by atoms with van der Waals surface area (Å²) in [6.45, 7) is 7.59. The lowest BCUT2D eigenvalue weighted by molar-refractivity contribution is -0.121. The summed E-state index contributed by atoms with van der Waals surface area (Å²) in [7, 11) is 0. The molecule has 0 saturated carbocycles. The van der Waals surface area contributed by atoms with Gasteiger partial charge in [-0.3, -0.25) is 4.79 Å². The van der Waals surface area contributed by atoms with Crippen molar-refractivity contribution in [2.45, 2.75) is 38.5 Å². The number of amides is 1. The highest BCUT2D eigenvalue weighted by Gasteiger charge is 2.26. The van der Waals surface area contributed by atoms with Crippen molar-refractivity contribution in [2.75, 3.05) is 18.9 Å². The summed E-state index contributed by atoms with van der Waals surface area (Å²) in [4.78, 5) is 12.3. The van der Waals surface area contributed by atoms with Gasteiger partial charge < -0.3 is 15.8 Å². The Balaban J connectivity index is 2.01. The van der Waals surface area contributed by atoms with Crippen molar-refractivity contribution in [1.29, 1.82) is 0 Å². The van der Waals surface area contributed by atoms with E-state index < -0.39 is 0 Å². The predicted molar refractivity (Wildman–Crippen MR) is 92.2 cm³/mol. The molecule has 1 aromatic rings. The summed E-state index contributed by atoms with van der Waals surface area (Å²) in [6, 6.07) is 7.95. The number of thioether (sulfide) groups is 1. The van der Waals surface area contributed by atoms with Gasteiger partial charge in [-0.25, -0.2) is 0 Å². The van der Waals surface area contributed by atoms with Gasteiger partial charge in [-0.05, 0) is 35.3 Å². The second kappa shape index (κ2) is 7.38. The van der Waals surface area contributed by atoms with Gasteiger partial charge in [0.05, 0.1) is 6.61 Å². The van der Waals surface area contributed by atoms with Crippen LogP contribution in [0.2, 0.25) is 0 Å². The minimum Gasteiger partial charge on any atom is -0.493 e. The maximum Gasteiger partial charge on any atom is 0.237 e. The third kappa shape index (κ3) is 4.92. The summed E-state index contributed by atoms with van der Waals surface area (Å²) in [5.74, 6) is 1.84. The molecule has 3 N–H and O–H groups in total. The summed E-state index contributed by atoms with van der Waals surface area (Å²) < 4.78 is 5.77. The number of nitrogens with one attached hydrogen (secondary N) is 1. The highest BCUT2D eigenvalue weighted by molar-refractivity contribution is 8.00. The summed E-state index contributed by atoms with van der Waals surface area (Å²) in [5.41, 5.74) is 6.82. The van der Waals surface area contributed by atoms with Crippen molar-refractivity contribution in [3.8, 4) is 5.75 Å². The predicted octanol–water partition coefficient (Wildman–Crippen LogP) is 2.73. The van der Waals surface area contributed by atoms with Crippen molar-refractivity contribution >= 4 is 17.7 Å². The number of rotatable bonds is 4. The number of hydrogen-bond donors (Lipinski definition) is 2. The van der Waals surface area contributed by atoms with Crippen LogP contribution in [0, 0.1) is 5.41 Å².